The highest BCUT2D eigenvalue weighted by molar-refractivity contribution is 7.13. The topological polar surface area (TPSA) is 211 Å². The number of anilines is 2. The van der Waals surface area contributed by atoms with Crippen molar-refractivity contribution in [2.75, 3.05) is 17.2 Å². The van der Waals surface area contributed by atoms with Gasteiger partial charge in [0.25, 0.3) is 23.4 Å². The van der Waals surface area contributed by atoms with Crippen molar-refractivity contribution in [2.24, 2.45) is 5.16 Å². The van der Waals surface area contributed by atoms with E-state index < -0.39 is 40.7 Å². The number of carbonyl (C=O) groups excluding carboxylic acids is 3. The summed E-state index contributed by atoms with van der Waals surface area (Å²) in [4.78, 5) is 75.2. The van der Waals surface area contributed by atoms with Gasteiger partial charge in [-0.15, -0.1) is 11.3 Å². The lowest BCUT2D eigenvalue weighted by Crippen LogP contribution is -2.72. The molecule has 1 saturated carbocycles. The molecule has 6 rings (SSSR count). The molecule has 1 aromatic heterocycles. The number of aromatic nitrogens is 1. The molecule has 2 aromatic rings. The number of carbonyl (C=O) groups is 4. The molecule has 45 heavy (non-hydrogen) atoms. The van der Waals surface area contributed by atoms with Crippen LogP contribution in [0.3, 0.4) is 0 Å². The molecule has 3 aliphatic heterocycles. The van der Waals surface area contributed by atoms with E-state index in [1.54, 1.807) is 11.4 Å². The minimum Gasteiger partial charge on any atom is -0.477 e. The largest absolute Gasteiger partial charge is 0.477 e. The van der Waals surface area contributed by atoms with Crippen molar-refractivity contribution >= 4 is 57.2 Å². The number of nitrogens with two attached hydrogens (primary N) is 1. The summed E-state index contributed by atoms with van der Waals surface area (Å²) < 4.78 is 0. The molecule has 4 heterocycles. The summed E-state index contributed by atoms with van der Waals surface area (Å²) in [5.74, 6) is -3.03. The zero-order valence-electron chi connectivity index (χ0n) is 23.9. The number of carboxylic acids is 1. The molecule has 0 bridgehead atoms. The first-order chi connectivity index (χ1) is 21.6. The second-order valence-corrected chi connectivity index (χ2v) is 12.0. The highest BCUT2D eigenvalue weighted by atomic mass is 32.1. The Morgan fingerprint density at radius 2 is 2.00 bits per heavy atom. The number of nitrogens with zero attached hydrogens (tertiary/aromatic N) is 5. The summed E-state index contributed by atoms with van der Waals surface area (Å²) in [6.07, 6.45) is 5.88. The number of nitrogen functional groups attached to an aromatic ring is 1. The van der Waals surface area contributed by atoms with Gasteiger partial charge in [-0.3, -0.25) is 29.4 Å². The van der Waals surface area contributed by atoms with E-state index in [2.05, 4.69) is 15.5 Å². The lowest BCUT2D eigenvalue weighted by Gasteiger charge is -2.50. The van der Waals surface area contributed by atoms with Gasteiger partial charge < -0.3 is 25.9 Å². The number of nitrogens with one attached hydrogen (secondary N) is 1. The quantitative estimate of drug-likeness (QED) is 0.120. The fourth-order valence-corrected chi connectivity index (χ4v) is 6.69. The van der Waals surface area contributed by atoms with Crippen molar-refractivity contribution in [1.82, 2.24) is 15.2 Å². The van der Waals surface area contributed by atoms with Gasteiger partial charge in [-0.25, -0.2) is 9.78 Å². The highest BCUT2D eigenvalue weighted by Gasteiger charge is 2.53. The van der Waals surface area contributed by atoms with E-state index in [0.717, 1.165) is 41.9 Å². The number of rotatable bonds is 9. The highest BCUT2D eigenvalue weighted by Crippen LogP contribution is 2.39. The number of nitro groups is 1. The van der Waals surface area contributed by atoms with E-state index in [9.17, 15) is 34.4 Å². The van der Waals surface area contributed by atoms with Crippen molar-refractivity contribution in [3.05, 3.63) is 68.4 Å². The molecular weight excluding hydrogens is 606 g/mol. The molecule has 4 aliphatic rings. The van der Waals surface area contributed by atoms with Crippen LogP contribution in [0.4, 0.5) is 16.5 Å². The van der Waals surface area contributed by atoms with E-state index in [1.807, 2.05) is 0 Å². The Hall–Kier alpha value is -5.12. The van der Waals surface area contributed by atoms with E-state index >= 15 is 0 Å². The molecule has 234 valence electrons. The van der Waals surface area contributed by atoms with Crippen molar-refractivity contribution in [3.8, 4) is 0 Å². The fourth-order valence-electron chi connectivity index (χ4n) is 6.14. The van der Waals surface area contributed by atoms with Gasteiger partial charge in [-0.05, 0) is 62.7 Å². The summed E-state index contributed by atoms with van der Waals surface area (Å²) in [6.45, 7) is 0.264. The van der Waals surface area contributed by atoms with E-state index in [1.165, 1.54) is 29.2 Å². The molecule has 3 fully saturated rings. The van der Waals surface area contributed by atoms with Crippen LogP contribution in [-0.4, -0.2) is 74.0 Å². The van der Waals surface area contributed by atoms with Crippen LogP contribution >= 0.6 is 11.3 Å². The SMILES string of the molecule is Nc1nc(/C(=N/OC2CCCC2)C(=O)N[C@@H]2C(=O)N3C(C(=O)O)=C(/C=C4\CCN(c5cccc([N+](=O)[O-])c5)C4=O)CC[C@H]23)cs1. The van der Waals surface area contributed by atoms with E-state index in [4.69, 9.17) is 10.6 Å². The number of non-ortho nitro benzene ring substituents is 1. The van der Waals surface area contributed by atoms with Crippen LogP contribution in [0.5, 0.6) is 0 Å². The summed E-state index contributed by atoms with van der Waals surface area (Å²) in [7, 11) is 0. The number of nitro benzene ring substituents is 1. The number of fused-ring (bicyclic) bond motifs is 1. The predicted molar refractivity (Wildman–Crippen MR) is 161 cm³/mol. The lowest BCUT2D eigenvalue weighted by atomic mass is 9.82. The number of β-lactam (4-membered cyclic amide) rings is 1. The first-order valence-electron chi connectivity index (χ1n) is 14.4. The molecule has 0 spiro atoms. The Labute approximate surface area is 260 Å². The number of thiazole rings is 1. The summed E-state index contributed by atoms with van der Waals surface area (Å²) in [5, 5.41) is 29.8. The normalized spacial score (nSPS) is 22.9. The molecule has 16 heteroatoms. The van der Waals surface area contributed by atoms with Gasteiger partial charge in [0.1, 0.15) is 23.5 Å². The third kappa shape index (κ3) is 5.75. The zero-order valence-corrected chi connectivity index (χ0v) is 24.7. The van der Waals surface area contributed by atoms with Gasteiger partial charge in [0, 0.05) is 29.6 Å². The molecule has 3 amide bonds. The number of allylic oxidation sites excluding steroid dienone is 2. The minimum absolute atomic E-state index is 0.121. The van der Waals surface area contributed by atoms with Gasteiger partial charge >= 0.3 is 5.97 Å². The van der Waals surface area contributed by atoms with Crippen molar-refractivity contribution < 1.29 is 34.0 Å². The molecule has 1 aromatic carbocycles. The summed E-state index contributed by atoms with van der Waals surface area (Å²) in [6, 6.07) is 4.11. The molecule has 4 N–H and O–H groups in total. The number of amides is 3. The van der Waals surface area contributed by atoms with E-state index in [0.29, 0.717) is 29.7 Å². The minimum atomic E-state index is -1.34. The van der Waals surface area contributed by atoms with Crippen LogP contribution in [0.25, 0.3) is 0 Å². The fraction of sp³-hybridized carbons (Fsp3) is 0.379. The van der Waals surface area contributed by atoms with Crippen molar-refractivity contribution in [3.63, 3.8) is 0 Å². The third-order valence-electron chi connectivity index (χ3n) is 8.36. The maximum Gasteiger partial charge on any atom is 0.352 e. The maximum atomic E-state index is 13.3. The van der Waals surface area contributed by atoms with E-state index in [-0.39, 0.29) is 47.0 Å². The van der Waals surface area contributed by atoms with Gasteiger partial charge in [-0.2, -0.15) is 0 Å². The molecule has 15 nitrogen and oxygen atoms in total. The van der Waals surface area contributed by atoms with Crippen molar-refractivity contribution in [2.45, 2.75) is 63.1 Å². The van der Waals surface area contributed by atoms with Crippen LogP contribution in [0.1, 0.15) is 50.6 Å². The summed E-state index contributed by atoms with van der Waals surface area (Å²) >= 11 is 1.13. The average Bonchev–Trinajstić information content (AvgIpc) is 3.78. The van der Waals surface area contributed by atoms with Gasteiger partial charge in [-0.1, -0.05) is 11.2 Å². The molecular formula is C29H29N7O8S. The Morgan fingerprint density at radius 1 is 1.22 bits per heavy atom. The number of carboxylic acid groups (broad SMARTS) is 1. The Bertz CT molecular complexity index is 1690. The van der Waals surface area contributed by atoms with Gasteiger partial charge in [0.05, 0.1) is 16.7 Å². The Morgan fingerprint density at radius 3 is 2.69 bits per heavy atom. The number of benzene rings is 1. The van der Waals surface area contributed by atoms with Crippen LogP contribution in [0.2, 0.25) is 0 Å². The molecule has 2 saturated heterocycles. The number of oxime groups is 1. The third-order valence-corrected chi connectivity index (χ3v) is 9.04. The second-order valence-electron chi connectivity index (χ2n) is 11.1. The Kier molecular flexibility index (Phi) is 8.05. The molecule has 2 atom stereocenters. The van der Waals surface area contributed by atoms with Gasteiger partial charge in [0.15, 0.2) is 10.8 Å². The zero-order chi connectivity index (χ0) is 31.8. The molecule has 0 radical (unpaired) electrons. The molecule has 1 aliphatic carbocycles. The average molecular weight is 636 g/mol. The maximum absolute atomic E-state index is 13.3. The first kappa shape index (κ1) is 29.9. The smallest absolute Gasteiger partial charge is 0.352 e. The molecule has 0 unspecified atom stereocenters. The van der Waals surface area contributed by atoms with Crippen LogP contribution in [0, 0.1) is 10.1 Å². The first-order valence-corrected chi connectivity index (χ1v) is 15.3. The van der Waals surface area contributed by atoms with Gasteiger partial charge in [0.2, 0.25) is 0 Å². The van der Waals surface area contributed by atoms with Crippen LogP contribution < -0.4 is 16.0 Å². The predicted octanol–water partition coefficient (Wildman–Crippen LogP) is 2.49. The number of hydrogen-bond donors (Lipinski definition) is 3. The van der Waals surface area contributed by atoms with Crippen LogP contribution in [0.15, 0.2) is 57.7 Å². The Balaban J connectivity index is 1.19. The number of aliphatic carboxylic acids is 1. The second kappa shape index (κ2) is 12.1. The number of hydrogen-bond acceptors (Lipinski definition) is 11. The standard InChI is InChI=1S/C29H29N7O8S/c30-29-31-20(14-45-29)22(33-44-19-6-1-2-7-19)25(37)32-23-21-9-8-15(24(28(40)41)35(21)27(23)39)12-16-10-11-34(26(16)38)17-4-3-5-18(13-17)36(42)43/h3-5,12-14,19,21,23H,1-2,6-11H2,(H2,30,31)(H,32,37)(H,40,41)/b16-12+,33-22-/t21-,23+/m1/s1. The lowest BCUT2D eigenvalue weighted by molar-refractivity contribution is -0.384. The van der Waals surface area contributed by atoms with Crippen molar-refractivity contribution in [1.29, 1.82) is 0 Å². The summed E-state index contributed by atoms with van der Waals surface area (Å²) in [5.41, 5.74) is 6.46. The van der Waals surface area contributed by atoms with Crippen LogP contribution in [-0.2, 0) is 24.0 Å². The monoisotopic (exact) mass is 635 g/mol.